The fraction of sp³-hybridized carbons (Fsp3) is 0.778. The number of carbonyl (C=O) groups excluding carboxylic acids is 1. The molecule has 1 heterocycles. The minimum Gasteiger partial charge on any atom is -0.480 e. The molecule has 80 valence electrons. The number of hydrogen-bond donors (Lipinski definition) is 1. The molecule has 0 saturated carbocycles. The number of thioether (sulfide) groups is 1. The highest BCUT2D eigenvalue weighted by Gasteiger charge is 2.44. The zero-order valence-electron chi connectivity index (χ0n) is 8.61. The van der Waals surface area contributed by atoms with Crippen LogP contribution in [0.1, 0.15) is 20.8 Å². The second-order valence-electron chi connectivity index (χ2n) is 3.91. The van der Waals surface area contributed by atoms with Gasteiger partial charge in [-0.25, -0.2) is 4.79 Å². The normalized spacial score (nSPS) is 25.9. The molecule has 4 nitrogen and oxygen atoms in total. The first-order chi connectivity index (χ1) is 6.36. The monoisotopic (exact) mass is 217 g/mol. The molecule has 0 radical (unpaired) electrons. The molecule has 1 fully saturated rings. The molecule has 0 spiro atoms. The fourth-order valence-corrected chi connectivity index (χ4v) is 2.96. The number of amides is 1. The predicted octanol–water partition coefficient (Wildman–Crippen LogP) is 0.813. The molecule has 0 aliphatic carbocycles. The van der Waals surface area contributed by atoms with Gasteiger partial charge in [0.05, 0.1) is 0 Å². The molecule has 1 rings (SSSR count). The van der Waals surface area contributed by atoms with E-state index in [1.165, 1.54) is 11.8 Å². The Morgan fingerprint density at radius 1 is 1.50 bits per heavy atom. The van der Waals surface area contributed by atoms with Crippen molar-refractivity contribution in [3.05, 3.63) is 0 Å². The highest BCUT2D eigenvalue weighted by atomic mass is 32.2. The molecule has 1 aliphatic rings. The van der Waals surface area contributed by atoms with Crippen molar-refractivity contribution in [2.24, 2.45) is 0 Å². The molecular formula is C9H15NO3S. The zero-order chi connectivity index (χ0) is 10.9. The van der Waals surface area contributed by atoms with Crippen LogP contribution in [0.25, 0.3) is 0 Å². The van der Waals surface area contributed by atoms with Crippen molar-refractivity contribution in [1.82, 2.24) is 4.90 Å². The Kier molecular flexibility index (Phi) is 3.09. The van der Waals surface area contributed by atoms with Gasteiger partial charge in [0, 0.05) is 24.0 Å². The summed E-state index contributed by atoms with van der Waals surface area (Å²) >= 11 is 1.60. The number of nitrogens with zero attached hydrogens (tertiary/aromatic N) is 1. The van der Waals surface area contributed by atoms with Crippen molar-refractivity contribution >= 4 is 23.6 Å². The van der Waals surface area contributed by atoms with Gasteiger partial charge in [-0.1, -0.05) is 0 Å². The van der Waals surface area contributed by atoms with E-state index in [1.807, 2.05) is 13.8 Å². The third-order valence-corrected chi connectivity index (χ3v) is 3.77. The van der Waals surface area contributed by atoms with E-state index in [0.717, 1.165) is 5.75 Å². The third kappa shape index (κ3) is 2.03. The first kappa shape index (κ1) is 11.4. The molecule has 0 aromatic carbocycles. The molecule has 1 amide bonds. The molecular weight excluding hydrogens is 202 g/mol. The Hall–Kier alpha value is -0.710. The smallest absolute Gasteiger partial charge is 0.327 e. The topological polar surface area (TPSA) is 57.6 Å². The van der Waals surface area contributed by atoms with Crippen molar-refractivity contribution in [1.29, 1.82) is 0 Å². The van der Waals surface area contributed by atoms with Gasteiger partial charge < -0.3 is 10.0 Å². The summed E-state index contributed by atoms with van der Waals surface area (Å²) in [7, 11) is 0. The number of rotatable bonds is 1. The summed E-state index contributed by atoms with van der Waals surface area (Å²) in [6.07, 6.45) is 0. The van der Waals surface area contributed by atoms with Crippen molar-refractivity contribution in [2.45, 2.75) is 31.6 Å². The number of aliphatic carboxylic acids is 1. The van der Waals surface area contributed by atoms with E-state index in [1.54, 1.807) is 11.8 Å². The van der Waals surface area contributed by atoms with Crippen LogP contribution in [0.4, 0.5) is 0 Å². The Morgan fingerprint density at radius 2 is 2.07 bits per heavy atom. The van der Waals surface area contributed by atoms with Gasteiger partial charge in [0.1, 0.15) is 6.04 Å². The van der Waals surface area contributed by atoms with Gasteiger partial charge in [0.15, 0.2) is 0 Å². The van der Waals surface area contributed by atoms with E-state index < -0.39 is 16.8 Å². The molecule has 1 aliphatic heterocycles. The highest BCUT2D eigenvalue weighted by Crippen LogP contribution is 2.35. The zero-order valence-corrected chi connectivity index (χ0v) is 9.43. The minimum absolute atomic E-state index is 0.161. The first-order valence-corrected chi connectivity index (χ1v) is 5.49. The lowest BCUT2D eigenvalue weighted by Crippen LogP contribution is -2.58. The van der Waals surface area contributed by atoms with Crippen molar-refractivity contribution in [3.63, 3.8) is 0 Å². The summed E-state index contributed by atoms with van der Waals surface area (Å²) in [6.45, 7) is 5.68. The number of carbonyl (C=O) groups is 2. The molecule has 0 unspecified atom stereocenters. The molecule has 5 heteroatoms. The Bertz CT molecular complexity index is 265. The lowest BCUT2D eigenvalue weighted by atomic mass is 10.0. The van der Waals surface area contributed by atoms with Gasteiger partial charge in [-0.15, -0.1) is 0 Å². The third-order valence-electron chi connectivity index (χ3n) is 2.41. The molecule has 14 heavy (non-hydrogen) atoms. The van der Waals surface area contributed by atoms with Crippen LogP contribution < -0.4 is 0 Å². The quantitative estimate of drug-likeness (QED) is 0.706. The van der Waals surface area contributed by atoms with E-state index in [9.17, 15) is 9.59 Å². The summed E-state index contributed by atoms with van der Waals surface area (Å²) in [5.74, 6) is -0.278. The molecule has 1 atom stereocenters. The van der Waals surface area contributed by atoms with Gasteiger partial charge in [-0.3, -0.25) is 4.79 Å². The Labute approximate surface area is 87.7 Å². The Morgan fingerprint density at radius 3 is 2.43 bits per heavy atom. The second kappa shape index (κ2) is 3.81. The van der Waals surface area contributed by atoms with E-state index in [2.05, 4.69) is 0 Å². The standard InChI is InChI=1S/C9H15NO3S/c1-6(11)10-4-5-14-9(2,3)7(10)8(12)13/h7H,4-5H2,1-3H3,(H,12,13)/t7-/m0/s1. The van der Waals surface area contributed by atoms with Crippen LogP contribution in [-0.4, -0.2) is 45.0 Å². The lowest BCUT2D eigenvalue weighted by Gasteiger charge is -2.42. The minimum atomic E-state index is -0.919. The largest absolute Gasteiger partial charge is 0.480 e. The lowest BCUT2D eigenvalue weighted by molar-refractivity contribution is -0.150. The molecule has 1 N–H and O–H groups in total. The van der Waals surface area contributed by atoms with E-state index in [4.69, 9.17) is 5.11 Å². The average Bonchev–Trinajstić information content (AvgIpc) is 2.00. The SMILES string of the molecule is CC(=O)N1CCSC(C)(C)[C@@H]1C(=O)O. The number of hydrogen-bond acceptors (Lipinski definition) is 3. The van der Waals surface area contributed by atoms with Crippen LogP contribution in [0, 0.1) is 0 Å². The van der Waals surface area contributed by atoms with Crippen LogP contribution in [0.15, 0.2) is 0 Å². The molecule has 0 bridgehead atoms. The van der Waals surface area contributed by atoms with Gasteiger partial charge in [-0.2, -0.15) is 11.8 Å². The molecule has 1 saturated heterocycles. The van der Waals surface area contributed by atoms with E-state index in [0.29, 0.717) is 6.54 Å². The van der Waals surface area contributed by atoms with Crippen LogP contribution >= 0.6 is 11.8 Å². The summed E-state index contributed by atoms with van der Waals surface area (Å²) in [5, 5.41) is 9.09. The Balaban J connectivity index is 2.96. The summed E-state index contributed by atoms with van der Waals surface area (Å²) in [6, 6.07) is -0.709. The van der Waals surface area contributed by atoms with Gasteiger partial charge >= 0.3 is 5.97 Å². The maximum absolute atomic E-state index is 11.3. The van der Waals surface area contributed by atoms with Crippen LogP contribution in [0.2, 0.25) is 0 Å². The maximum atomic E-state index is 11.3. The number of carboxylic acids is 1. The molecule has 0 aromatic heterocycles. The van der Waals surface area contributed by atoms with Crippen LogP contribution in [0.5, 0.6) is 0 Å². The average molecular weight is 217 g/mol. The van der Waals surface area contributed by atoms with Crippen LogP contribution in [-0.2, 0) is 9.59 Å². The predicted molar refractivity (Wildman–Crippen MR) is 55.3 cm³/mol. The van der Waals surface area contributed by atoms with Crippen molar-refractivity contribution < 1.29 is 14.7 Å². The van der Waals surface area contributed by atoms with Crippen molar-refractivity contribution in [2.75, 3.05) is 12.3 Å². The van der Waals surface area contributed by atoms with E-state index in [-0.39, 0.29) is 5.91 Å². The first-order valence-electron chi connectivity index (χ1n) is 4.50. The summed E-state index contributed by atoms with van der Waals surface area (Å²) in [5.41, 5.74) is 0. The van der Waals surface area contributed by atoms with Gasteiger partial charge in [-0.05, 0) is 13.8 Å². The van der Waals surface area contributed by atoms with Crippen LogP contribution in [0.3, 0.4) is 0 Å². The van der Waals surface area contributed by atoms with E-state index >= 15 is 0 Å². The summed E-state index contributed by atoms with van der Waals surface area (Å²) in [4.78, 5) is 23.8. The summed E-state index contributed by atoms with van der Waals surface area (Å²) < 4.78 is -0.407. The number of carboxylic acid groups (broad SMARTS) is 1. The van der Waals surface area contributed by atoms with Gasteiger partial charge in [0.2, 0.25) is 5.91 Å². The van der Waals surface area contributed by atoms with Gasteiger partial charge in [0.25, 0.3) is 0 Å². The fourth-order valence-electron chi connectivity index (χ4n) is 1.76. The maximum Gasteiger partial charge on any atom is 0.327 e. The molecule has 0 aromatic rings. The van der Waals surface area contributed by atoms with Crippen molar-refractivity contribution in [3.8, 4) is 0 Å². The highest BCUT2D eigenvalue weighted by molar-refractivity contribution is 8.00. The second-order valence-corrected chi connectivity index (χ2v) is 5.65.